The molecule has 7 heteroatoms. The van der Waals surface area contributed by atoms with Crippen LogP contribution in [-0.4, -0.2) is 23.9 Å². The van der Waals surface area contributed by atoms with Gasteiger partial charge in [0, 0.05) is 5.56 Å². The van der Waals surface area contributed by atoms with Crippen LogP contribution in [0.5, 0.6) is 5.75 Å². The first kappa shape index (κ1) is 17.7. The number of amides is 2. The Morgan fingerprint density at radius 1 is 1.22 bits per heavy atom. The highest BCUT2D eigenvalue weighted by molar-refractivity contribution is 14.1. The zero-order chi connectivity index (χ0) is 17.1. The number of carbonyl (C=O) groups excluding carboxylic acids is 2. The third-order valence-corrected chi connectivity index (χ3v) is 4.43. The molecule has 0 fully saturated rings. The molecule has 0 unspecified atom stereocenters. The fraction of sp³-hybridized carbons (Fsp3) is 0.125. The van der Waals surface area contributed by atoms with E-state index >= 15 is 0 Å². The number of rotatable bonds is 3. The van der Waals surface area contributed by atoms with E-state index in [9.17, 15) is 9.59 Å². The summed E-state index contributed by atoms with van der Waals surface area (Å²) in [6.07, 6.45) is 0. The molecule has 0 bridgehead atoms. The smallest absolute Gasteiger partial charge is 0.276 e. The molecule has 2 rings (SSSR count). The van der Waals surface area contributed by atoms with Crippen molar-refractivity contribution in [2.24, 2.45) is 5.84 Å². The Bertz CT molecular complexity index is 760. The predicted octanol–water partition coefficient (Wildman–Crippen LogP) is 3.42. The molecule has 0 aliphatic heterocycles. The summed E-state index contributed by atoms with van der Waals surface area (Å²) < 4.78 is 5.88. The Hall–Kier alpha value is -1.64. The summed E-state index contributed by atoms with van der Waals surface area (Å²) >= 11 is 8.09. The molecule has 0 aliphatic rings. The SMILES string of the molecule is COc1ccc(C(=O)N(N)C(=O)c2c(C)cccc2Cl)cc1I. The van der Waals surface area contributed by atoms with Crippen molar-refractivity contribution in [2.75, 3.05) is 7.11 Å². The highest BCUT2D eigenvalue weighted by Gasteiger charge is 2.24. The van der Waals surface area contributed by atoms with E-state index in [-0.39, 0.29) is 16.1 Å². The van der Waals surface area contributed by atoms with Crippen LogP contribution < -0.4 is 10.6 Å². The molecule has 120 valence electrons. The van der Waals surface area contributed by atoms with Gasteiger partial charge < -0.3 is 4.74 Å². The first-order chi connectivity index (χ1) is 10.9. The number of benzene rings is 2. The Balaban J connectivity index is 2.32. The molecular formula is C16H14ClIN2O3. The first-order valence-electron chi connectivity index (χ1n) is 6.59. The monoisotopic (exact) mass is 444 g/mol. The molecule has 5 nitrogen and oxygen atoms in total. The number of halogens is 2. The third-order valence-electron chi connectivity index (χ3n) is 3.27. The number of hydrogen-bond donors (Lipinski definition) is 1. The van der Waals surface area contributed by atoms with Crippen molar-refractivity contribution in [1.82, 2.24) is 5.01 Å². The number of hydrogen-bond acceptors (Lipinski definition) is 4. The highest BCUT2D eigenvalue weighted by Crippen LogP contribution is 2.24. The van der Waals surface area contributed by atoms with Gasteiger partial charge in [-0.15, -0.1) is 0 Å². The number of carbonyl (C=O) groups is 2. The zero-order valence-electron chi connectivity index (χ0n) is 12.5. The highest BCUT2D eigenvalue weighted by atomic mass is 127. The summed E-state index contributed by atoms with van der Waals surface area (Å²) in [5.41, 5.74) is 1.15. The van der Waals surface area contributed by atoms with Gasteiger partial charge in [0.15, 0.2) is 0 Å². The lowest BCUT2D eigenvalue weighted by Crippen LogP contribution is -2.43. The van der Waals surface area contributed by atoms with E-state index in [1.807, 2.05) is 22.6 Å². The maximum atomic E-state index is 12.5. The van der Waals surface area contributed by atoms with Gasteiger partial charge in [-0.1, -0.05) is 23.7 Å². The molecule has 0 atom stereocenters. The van der Waals surface area contributed by atoms with Crippen molar-refractivity contribution >= 4 is 46.0 Å². The molecule has 2 amide bonds. The van der Waals surface area contributed by atoms with E-state index in [2.05, 4.69) is 0 Å². The summed E-state index contributed by atoms with van der Waals surface area (Å²) in [5.74, 6) is 5.10. The number of imide groups is 1. The maximum absolute atomic E-state index is 12.5. The molecule has 23 heavy (non-hydrogen) atoms. The summed E-state index contributed by atoms with van der Waals surface area (Å²) in [7, 11) is 1.54. The van der Waals surface area contributed by atoms with Gasteiger partial charge >= 0.3 is 0 Å². The Morgan fingerprint density at radius 2 is 1.91 bits per heavy atom. The molecule has 0 saturated heterocycles. The number of methoxy groups -OCH3 is 1. The summed E-state index contributed by atoms with van der Waals surface area (Å²) in [6, 6.07) is 9.84. The van der Waals surface area contributed by atoms with Gasteiger partial charge in [-0.25, -0.2) is 10.9 Å². The van der Waals surface area contributed by atoms with Crippen LogP contribution in [0.3, 0.4) is 0 Å². The van der Waals surface area contributed by atoms with Gasteiger partial charge in [-0.05, 0) is 59.3 Å². The average Bonchev–Trinajstić information content (AvgIpc) is 2.53. The van der Waals surface area contributed by atoms with E-state index in [1.54, 1.807) is 43.3 Å². The van der Waals surface area contributed by atoms with E-state index < -0.39 is 11.8 Å². The van der Waals surface area contributed by atoms with Crippen LogP contribution in [0.2, 0.25) is 5.02 Å². The van der Waals surface area contributed by atoms with Gasteiger partial charge in [-0.2, -0.15) is 0 Å². The number of nitrogens with zero attached hydrogens (tertiary/aromatic N) is 1. The molecule has 2 aromatic rings. The topological polar surface area (TPSA) is 72.6 Å². The maximum Gasteiger partial charge on any atom is 0.276 e. The lowest BCUT2D eigenvalue weighted by Gasteiger charge is -2.17. The van der Waals surface area contributed by atoms with Crippen molar-refractivity contribution in [2.45, 2.75) is 6.92 Å². The van der Waals surface area contributed by atoms with Crippen LogP contribution in [0.25, 0.3) is 0 Å². The average molecular weight is 445 g/mol. The minimum Gasteiger partial charge on any atom is -0.496 e. The molecule has 2 aromatic carbocycles. The van der Waals surface area contributed by atoms with E-state index in [4.69, 9.17) is 22.2 Å². The normalized spacial score (nSPS) is 10.3. The molecule has 2 N–H and O–H groups in total. The van der Waals surface area contributed by atoms with Crippen LogP contribution >= 0.6 is 34.2 Å². The summed E-state index contributed by atoms with van der Waals surface area (Å²) in [5, 5.41) is 0.828. The molecule has 0 aliphatic carbocycles. The van der Waals surface area contributed by atoms with Crippen molar-refractivity contribution in [3.05, 3.63) is 61.7 Å². The van der Waals surface area contributed by atoms with Crippen LogP contribution in [-0.2, 0) is 0 Å². The number of hydrazine groups is 1. The number of ether oxygens (including phenoxy) is 1. The molecule has 0 radical (unpaired) electrons. The Kier molecular flexibility index (Phi) is 5.61. The van der Waals surface area contributed by atoms with Gasteiger partial charge in [0.25, 0.3) is 11.8 Å². The van der Waals surface area contributed by atoms with E-state index in [0.29, 0.717) is 16.3 Å². The Morgan fingerprint density at radius 3 is 2.48 bits per heavy atom. The minimum atomic E-state index is -0.649. The largest absolute Gasteiger partial charge is 0.496 e. The molecule has 0 saturated carbocycles. The molecular weight excluding hydrogens is 431 g/mol. The van der Waals surface area contributed by atoms with Crippen LogP contribution in [0.4, 0.5) is 0 Å². The minimum absolute atomic E-state index is 0.216. The lowest BCUT2D eigenvalue weighted by molar-refractivity contribution is 0.0615. The fourth-order valence-electron chi connectivity index (χ4n) is 2.05. The second-order valence-electron chi connectivity index (χ2n) is 4.76. The summed E-state index contributed by atoms with van der Waals surface area (Å²) in [4.78, 5) is 24.9. The molecule has 0 heterocycles. The third kappa shape index (κ3) is 3.65. The van der Waals surface area contributed by atoms with Gasteiger partial charge in [0.1, 0.15) is 5.75 Å². The van der Waals surface area contributed by atoms with Crippen LogP contribution in [0.1, 0.15) is 26.3 Å². The number of aryl methyl sites for hydroxylation is 1. The molecule has 0 spiro atoms. The van der Waals surface area contributed by atoms with Crippen LogP contribution in [0, 0.1) is 10.5 Å². The van der Waals surface area contributed by atoms with E-state index in [1.165, 1.54) is 7.11 Å². The van der Waals surface area contributed by atoms with Crippen molar-refractivity contribution < 1.29 is 14.3 Å². The van der Waals surface area contributed by atoms with Gasteiger partial charge in [0.05, 0.1) is 21.3 Å². The van der Waals surface area contributed by atoms with Crippen molar-refractivity contribution in [1.29, 1.82) is 0 Å². The second kappa shape index (κ2) is 7.29. The lowest BCUT2D eigenvalue weighted by atomic mass is 10.1. The standard InChI is InChI=1S/C16H14ClIN2O3/c1-9-4-3-5-11(17)14(9)16(22)20(19)15(21)10-6-7-13(23-2)12(18)8-10/h3-8H,19H2,1-2H3. The van der Waals surface area contributed by atoms with Crippen LogP contribution in [0.15, 0.2) is 36.4 Å². The quantitative estimate of drug-likeness (QED) is 0.259. The zero-order valence-corrected chi connectivity index (χ0v) is 15.4. The predicted molar refractivity (Wildman–Crippen MR) is 96.6 cm³/mol. The summed E-state index contributed by atoms with van der Waals surface area (Å²) in [6.45, 7) is 1.73. The fourth-order valence-corrected chi connectivity index (χ4v) is 3.09. The van der Waals surface area contributed by atoms with Crippen molar-refractivity contribution in [3.63, 3.8) is 0 Å². The number of nitrogens with two attached hydrogens (primary N) is 1. The molecule has 0 aromatic heterocycles. The van der Waals surface area contributed by atoms with Crippen molar-refractivity contribution in [3.8, 4) is 5.75 Å². The first-order valence-corrected chi connectivity index (χ1v) is 8.04. The van der Waals surface area contributed by atoms with E-state index in [0.717, 1.165) is 3.57 Å². The van der Waals surface area contributed by atoms with Gasteiger partial charge in [-0.3, -0.25) is 9.59 Å². The Labute approximate surface area is 152 Å². The van der Waals surface area contributed by atoms with Gasteiger partial charge in [0.2, 0.25) is 0 Å². The second-order valence-corrected chi connectivity index (χ2v) is 6.33.